The van der Waals surface area contributed by atoms with Crippen molar-refractivity contribution in [3.05, 3.63) is 47.3 Å². The lowest BCUT2D eigenvalue weighted by Gasteiger charge is -2.17. The summed E-state index contributed by atoms with van der Waals surface area (Å²) in [7, 11) is -3.08. The summed E-state index contributed by atoms with van der Waals surface area (Å²) in [6, 6.07) is 5.69. The summed E-state index contributed by atoms with van der Waals surface area (Å²) in [5.74, 6) is -1.39. The van der Waals surface area contributed by atoms with Crippen LogP contribution in [0.4, 0.5) is 10.7 Å². The molecule has 0 aliphatic rings. The molecule has 0 fully saturated rings. The first-order valence-electron chi connectivity index (χ1n) is 7.07. The number of aromatic carboxylic acids is 1. The summed E-state index contributed by atoms with van der Waals surface area (Å²) in [6.45, 7) is 3.42. The number of aryl methyl sites for hydroxylation is 2. The fourth-order valence-corrected chi connectivity index (χ4v) is 3.24. The number of nitrogens with one attached hydrogen (secondary N) is 1. The van der Waals surface area contributed by atoms with Crippen LogP contribution in [0.25, 0.3) is 0 Å². The van der Waals surface area contributed by atoms with E-state index in [1.807, 2.05) is 4.72 Å². The second-order valence-corrected chi connectivity index (χ2v) is 6.87. The molecule has 0 radical (unpaired) electrons. The number of carboxylic acids is 1. The minimum Gasteiger partial charge on any atom is -0.478 e. The van der Waals surface area contributed by atoms with Crippen molar-refractivity contribution in [1.82, 2.24) is 14.7 Å². The highest BCUT2D eigenvalue weighted by atomic mass is 32.2. The zero-order valence-corrected chi connectivity index (χ0v) is 14.5. The number of anilines is 1. The number of hydrogen-bond acceptors (Lipinski definition) is 6. The van der Waals surface area contributed by atoms with Crippen molar-refractivity contribution in [1.29, 1.82) is 0 Å². The average molecular weight is 364 g/mol. The molecule has 2 aromatic rings. The third-order valence-electron chi connectivity index (χ3n) is 3.20. The molecule has 0 aliphatic heterocycles. The second kappa shape index (κ2) is 6.85. The van der Waals surface area contributed by atoms with Gasteiger partial charge in [0.15, 0.2) is 0 Å². The summed E-state index contributed by atoms with van der Waals surface area (Å²) < 4.78 is 26.6. The maximum atomic E-state index is 12.4. The number of hydrogen-bond donors (Lipinski definition) is 2. The molecule has 2 N–H and O–H groups in total. The van der Waals surface area contributed by atoms with E-state index >= 15 is 0 Å². The van der Waals surface area contributed by atoms with E-state index in [1.54, 1.807) is 19.9 Å². The Morgan fingerprint density at radius 1 is 1.12 bits per heavy atom. The van der Waals surface area contributed by atoms with Crippen LogP contribution < -0.4 is 9.62 Å². The summed E-state index contributed by atoms with van der Waals surface area (Å²) in [5.41, 5.74) is 0.788. The van der Waals surface area contributed by atoms with E-state index in [-0.39, 0.29) is 5.95 Å². The van der Waals surface area contributed by atoms with E-state index in [2.05, 4.69) is 9.97 Å². The third-order valence-corrected chi connectivity index (χ3v) is 4.58. The van der Waals surface area contributed by atoms with Crippen LogP contribution in [-0.2, 0) is 10.0 Å². The van der Waals surface area contributed by atoms with Crippen molar-refractivity contribution in [3.8, 4) is 0 Å². The Morgan fingerprint density at radius 3 is 2.24 bits per heavy atom. The topological polar surface area (TPSA) is 130 Å². The van der Waals surface area contributed by atoms with Crippen LogP contribution in [0.15, 0.2) is 35.2 Å². The number of carboxylic acid groups (broad SMARTS) is 1. The summed E-state index contributed by atoms with van der Waals surface area (Å²) in [5, 5.41) is 9.10. The number of carbonyl (C=O) groups excluding carboxylic acids is 1. The SMILES string of the molecule is Cc1cc(C)nc(N(C)C(=O)NS(=O)(=O)c2ccccc2C(=O)O)n1. The van der Waals surface area contributed by atoms with Crippen molar-refractivity contribution in [3.63, 3.8) is 0 Å². The Bertz CT molecular complexity index is 922. The van der Waals surface area contributed by atoms with Crippen molar-refractivity contribution < 1.29 is 23.1 Å². The molecule has 1 aromatic carbocycles. The van der Waals surface area contributed by atoms with E-state index in [4.69, 9.17) is 5.11 Å². The second-order valence-electron chi connectivity index (χ2n) is 5.22. The molecular weight excluding hydrogens is 348 g/mol. The monoisotopic (exact) mass is 364 g/mol. The van der Waals surface area contributed by atoms with Gasteiger partial charge in [-0.15, -0.1) is 0 Å². The number of benzene rings is 1. The largest absolute Gasteiger partial charge is 0.478 e. The number of amides is 2. The molecule has 0 atom stereocenters. The highest BCUT2D eigenvalue weighted by Gasteiger charge is 2.26. The minimum absolute atomic E-state index is 0.0247. The Hall–Kier alpha value is -3.01. The van der Waals surface area contributed by atoms with Crippen molar-refractivity contribution in [2.45, 2.75) is 18.7 Å². The van der Waals surface area contributed by atoms with Crippen LogP contribution >= 0.6 is 0 Å². The van der Waals surface area contributed by atoms with Gasteiger partial charge in [-0.3, -0.25) is 4.90 Å². The third kappa shape index (κ3) is 4.10. The van der Waals surface area contributed by atoms with Crippen molar-refractivity contribution in [2.75, 3.05) is 11.9 Å². The Balaban J connectivity index is 2.31. The maximum Gasteiger partial charge on any atom is 0.337 e. The zero-order valence-electron chi connectivity index (χ0n) is 13.7. The Labute approximate surface area is 144 Å². The van der Waals surface area contributed by atoms with Gasteiger partial charge in [-0.05, 0) is 32.0 Å². The minimum atomic E-state index is -4.39. The normalized spacial score (nSPS) is 11.0. The standard InChI is InChI=1S/C15H16N4O5S/c1-9-8-10(2)17-14(16-9)19(3)15(22)18-25(23,24)12-7-5-4-6-11(12)13(20)21/h4-8H,1-3H3,(H,18,22)(H,20,21). The van der Waals surface area contributed by atoms with Gasteiger partial charge in [0, 0.05) is 18.4 Å². The van der Waals surface area contributed by atoms with Crippen LogP contribution in [0.2, 0.25) is 0 Å². The summed E-state index contributed by atoms with van der Waals surface area (Å²) in [6.07, 6.45) is 0. The molecule has 1 heterocycles. The van der Waals surface area contributed by atoms with E-state index in [1.165, 1.54) is 19.2 Å². The smallest absolute Gasteiger partial charge is 0.337 e. The molecule has 25 heavy (non-hydrogen) atoms. The highest BCUT2D eigenvalue weighted by molar-refractivity contribution is 7.90. The van der Waals surface area contributed by atoms with Gasteiger partial charge in [0.25, 0.3) is 10.0 Å². The molecule has 0 unspecified atom stereocenters. The van der Waals surface area contributed by atoms with Crippen molar-refractivity contribution >= 4 is 28.0 Å². The van der Waals surface area contributed by atoms with Gasteiger partial charge < -0.3 is 5.11 Å². The quantitative estimate of drug-likeness (QED) is 0.837. The number of aromatic nitrogens is 2. The van der Waals surface area contributed by atoms with Gasteiger partial charge in [0.1, 0.15) is 4.90 Å². The molecule has 0 bridgehead atoms. The van der Waals surface area contributed by atoms with Gasteiger partial charge in [-0.2, -0.15) is 0 Å². The molecule has 9 nitrogen and oxygen atoms in total. The molecule has 0 aliphatic carbocycles. The first kappa shape index (κ1) is 18.3. The number of rotatable bonds is 4. The highest BCUT2D eigenvalue weighted by Crippen LogP contribution is 2.16. The number of nitrogens with zero attached hydrogens (tertiary/aromatic N) is 3. The Morgan fingerprint density at radius 2 is 1.68 bits per heavy atom. The molecule has 0 saturated heterocycles. The van der Waals surface area contributed by atoms with Crippen LogP contribution in [0, 0.1) is 13.8 Å². The van der Waals surface area contributed by atoms with Gasteiger partial charge in [0.05, 0.1) is 5.56 Å². The molecule has 10 heteroatoms. The summed E-state index contributed by atoms with van der Waals surface area (Å²) in [4.78, 5) is 32.0. The first-order valence-corrected chi connectivity index (χ1v) is 8.55. The van der Waals surface area contributed by atoms with Crippen LogP contribution in [0.5, 0.6) is 0 Å². The van der Waals surface area contributed by atoms with Gasteiger partial charge >= 0.3 is 12.0 Å². The molecule has 2 amide bonds. The average Bonchev–Trinajstić information content (AvgIpc) is 2.52. The van der Waals surface area contributed by atoms with E-state index in [9.17, 15) is 18.0 Å². The Kier molecular flexibility index (Phi) is 5.02. The van der Waals surface area contributed by atoms with E-state index in [0.717, 1.165) is 17.0 Å². The molecule has 0 spiro atoms. The first-order chi connectivity index (χ1) is 11.6. The van der Waals surface area contributed by atoms with Crippen LogP contribution in [0.1, 0.15) is 21.7 Å². The summed E-state index contributed by atoms with van der Waals surface area (Å²) >= 11 is 0. The lowest BCUT2D eigenvalue weighted by molar-refractivity contribution is 0.0692. The van der Waals surface area contributed by atoms with Crippen molar-refractivity contribution in [2.24, 2.45) is 0 Å². The fraction of sp³-hybridized carbons (Fsp3) is 0.200. The van der Waals surface area contributed by atoms with E-state index < -0.39 is 32.5 Å². The lowest BCUT2D eigenvalue weighted by Crippen LogP contribution is -2.42. The lowest BCUT2D eigenvalue weighted by atomic mass is 10.2. The zero-order chi connectivity index (χ0) is 18.8. The van der Waals surface area contributed by atoms with Gasteiger partial charge in [-0.25, -0.2) is 32.7 Å². The van der Waals surface area contributed by atoms with E-state index in [0.29, 0.717) is 11.4 Å². The predicted octanol–water partition coefficient (Wildman–Crippen LogP) is 1.33. The van der Waals surface area contributed by atoms with Gasteiger partial charge in [-0.1, -0.05) is 12.1 Å². The maximum absolute atomic E-state index is 12.4. The van der Waals surface area contributed by atoms with Crippen LogP contribution in [0.3, 0.4) is 0 Å². The number of carbonyl (C=O) groups is 2. The molecular formula is C15H16N4O5S. The number of sulfonamides is 1. The number of urea groups is 1. The molecule has 1 aromatic heterocycles. The predicted molar refractivity (Wildman–Crippen MR) is 89.0 cm³/mol. The fourth-order valence-electron chi connectivity index (χ4n) is 2.06. The van der Waals surface area contributed by atoms with Crippen LogP contribution in [-0.4, -0.2) is 42.5 Å². The molecule has 0 saturated carbocycles. The van der Waals surface area contributed by atoms with Gasteiger partial charge in [0.2, 0.25) is 5.95 Å². The molecule has 132 valence electrons. The molecule has 2 rings (SSSR count).